The minimum absolute atomic E-state index is 0.0576. The molecule has 0 spiro atoms. The molecule has 13 heavy (non-hydrogen) atoms. The third-order valence-electron chi connectivity index (χ3n) is 1.82. The van der Waals surface area contributed by atoms with Crippen LogP contribution < -0.4 is 5.32 Å². The predicted octanol–water partition coefficient (Wildman–Crippen LogP) is 0.317. The summed E-state index contributed by atoms with van der Waals surface area (Å²) in [6.07, 6.45) is 1.10. The highest BCUT2D eigenvalue weighted by Crippen LogP contribution is 2.03. The zero-order valence-electron chi connectivity index (χ0n) is 8.21. The molecule has 1 aliphatic rings. The van der Waals surface area contributed by atoms with Gasteiger partial charge in [0.2, 0.25) is 0 Å². The van der Waals surface area contributed by atoms with Gasteiger partial charge in [0.25, 0.3) is 0 Å². The van der Waals surface area contributed by atoms with Crippen LogP contribution in [0.4, 0.5) is 0 Å². The Kier molecular flexibility index (Phi) is 4.18. The van der Waals surface area contributed by atoms with Crippen LogP contribution in [0.1, 0.15) is 20.3 Å². The normalized spacial score (nSPS) is 22.2. The van der Waals surface area contributed by atoms with Crippen molar-refractivity contribution >= 4 is 5.97 Å². The topological polar surface area (TPSA) is 47.6 Å². The van der Waals surface area contributed by atoms with Crippen LogP contribution in [-0.4, -0.2) is 37.9 Å². The molecule has 0 aliphatic carbocycles. The maximum atomic E-state index is 11.0. The fourth-order valence-corrected chi connectivity index (χ4v) is 1.25. The number of carbonyl (C=O) groups is 1. The van der Waals surface area contributed by atoms with Crippen molar-refractivity contribution in [2.24, 2.45) is 0 Å². The second kappa shape index (κ2) is 5.19. The van der Waals surface area contributed by atoms with E-state index in [0.717, 1.165) is 19.5 Å². The van der Waals surface area contributed by atoms with Crippen LogP contribution in [0.25, 0.3) is 0 Å². The van der Waals surface area contributed by atoms with Crippen LogP contribution in [0.2, 0.25) is 0 Å². The second-order valence-corrected chi connectivity index (χ2v) is 3.46. The molecule has 1 unspecified atom stereocenters. The summed E-state index contributed by atoms with van der Waals surface area (Å²) in [5.74, 6) is -0.276. The van der Waals surface area contributed by atoms with Gasteiger partial charge in [0.1, 0.15) is 6.61 Å². The van der Waals surface area contributed by atoms with E-state index in [1.54, 1.807) is 0 Å². The minimum atomic E-state index is -0.276. The molecule has 0 amide bonds. The summed E-state index contributed by atoms with van der Waals surface area (Å²) in [5, 5.41) is 3.16. The number of ether oxygens (including phenoxy) is 2. The lowest BCUT2D eigenvalue weighted by Gasteiger charge is -2.11. The molecule has 0 aromatic heterocycles. The molecule has 1 rings (SSSR count). The van der Waals surface area contributed by atoms with E-state index >= 15 is 0 Å². The van der Waals surface area contributed by atoms with Gasteiger partial charge in [0.05, 0.1) is 12.2 Å². The van der Waals surface area contributed by atoms with Gasteiger partial charge < -0.3 is 14.8 Å². The highest BCUT2D eigenvalue weighted by atomic mass is 16.6. The standard InChI is InChI=1S/C9H17NO3/c1-7(2)13-9(11)6-12-8-3-4-10-5-8/h7-8,10H,3-6H2,1-2H3. The lowest BCUT2D eigenvalue weighted by atomic mass is 10.3. The number of hydrogen-bond donors (Lipinski definition) is 1. The molecule has 76 valence electrons. The van der Waals surface area contributed by atoms with Crippen molar-refractivity contribution in [2.75, 3.05) is 19.7 Å². The Bertz CT molecular complexity index is 164. The van der Waals surface area contributed by atoms with Gasteiger partial charge in [0, 0.05) is 6.54 Å². The smallest absolute Gasteiger partial charge is 0.332 e. The van der Waals surface area contributed by atoms with Gasteiger partial charge in [-0.2, -0.15) is 0 Å². The molecule has 1 saturated heterocycles. The molecule has 0 radical (unpaired) electrons. The Labute approximate surface area is 78.6 Å². The Hall–Kier alpha value is -0.610. The van der Waals surface area contributed by atoms with E-state index in [4.69, 9.17) is 9.47 Å². The molecule has 1 fully saturated rings. The summed E-state index contributed by atoms with van der Waals surface area (Å²) in [7, 11) is 0. The molecule has 0 saturated carbocycles. The zero-order valence-corrected chi connectivity index (χ0v) is 8.21. The van der Waals surface area contributed by atoms with E-state index < -0.39 is 0 Å². The summed E-state index contributed by atoms with van der Waals surface area (Å²) in [5.41, 5.74) is 0. The van der Waals surface area contributed by atoms with E-state index in [9.17, 15) is 4.79 Å². The van der Waals surface area contributed by atoms with Crippen molar-refractivity contribution in [3.8, 4) is 0 Å². The minimum Gasteiger partial charge on any atom is -0.461 e. The summed E-state index contributed by atoms with van der Waals surface area (Å²) in [6.45, 7) is 5.55. The molecule has 0 bridgehead atoms. The van der Waals surface area contributed by atoms with Crippen LogP contribution >= 0.6 is 0 Å². The lowest BCUT2D eigenvalue weighted by Crippen LogP contribution is -2.23. The first kappa shape index (κ1) is 10.5. The molecular formula is C9H17NO3. The zero-order chi connectivity index (χ0) is 9.68. The van der Waals surface area contributed by atoms with Crippen molar-refractivity contribution in [3.05, 3.63) is 0 Å². The maximum absolute atomic E-state index is 11.0. The number of rotatable bonds is 4. The Morgan fingerprint density at radius 1 is 1.62 bits per heavy atom. The van der Waals surface area contributed by atoms with Crippen molar-refractivity contribution in [1.82, 2.24) is 5.32 Å². The molecule has 0 aromatic carbocycles. The quantitative estimate of drug-likeness (QED) is 0.644. The van der Waals surface area contributed by atoms with Gasteiger partial charge >= 0.3 is 5.97 Å². The lowest BCUT2D eigenvalue weighted by molar-refractivity contribution is -0.154. The molecule has 1 atom stereocenters. The summed E-state index contributed by atoms with van der Waals surface area (Å²) >= 11 is 0. The average molecular weight is 187 g/mol. The number of esters is 1. The van der Waals surface area contributed by atoms with E-state index in [0.29, 0.717) is 0 Å². The van der Waals surface area contributed by atoms with Crippen molar-refractivity contribution in [3.63, 3.8) is 0 Å². The van der Waals surface area contributed by atoms with E-state index in [-0.39, 0.29) is 24.8 Å². The van der Waals surface area contributed by atoms with Gasteiger partial charge in [-0.25, -0.2) is 4.79 Å². The highest BCUT2D eigenvalue weighted by Gasteiger charge is 2.16. The van der Waals surface area contributed by atoms with E-state index in [2.05, 4.69) is 5.32 Å². The van der Waals surface area contributed by atoms with Crippen LogP contribution in [0.15, 0.2) is 0 Å². The monoisotopic (exact) mass is 187 g/mol. The molecule has 1 N–H and O–H groups in total. The van der Waals surface area contributed by atoms with Gasteiger partial charge in [-0.15, -0.1) is 0 Å². The van der Waals surface area contributed by atoms with Crippen LogP contribution in [0.3, 0.4) is 0 Å². The number of hydrogen-bond acceptors (Lipinski definition) is 4. The molecule has 1 heterocycles. The van der Waals surface area contributed by atoms with Crippen molar-refractivity contribution in [2.45, 2.75) is 32.5 Å². The summed E-state index contributed by atoms with van der Waals surface area (Å²) < 4.78 is 10.3. The van der Waals surface area contributed by atoms with Crippen LogP contribution in [0.5, 0.6) is 0 Å². The number of nitrogens with one attached hydrogen (secondary N) is 1. The molecular weight excluding hydrogens is 170 g/mol. The maximum Gasteiger partial charge on any atom is 0.332 e. The highest BCUT2D eigenvalue weighted by molar-refractivity contribution is 5.70. The fraction of sp³-hybridized carbons (Fsp3) is 0.889. The molecule has 4 heteroatoms. The fourth-order valence-electron chi connectivity index (χ4n) is 1.25. The Morgan fingerprint density at radius 3 is 2.92 bits per heavy atom. The van der Waals surface area contributed by atoms with E-state index in [1.165, 1.54) is 0 Å². The summed E-state index contributed by atoms with van der Waals surface area (Å²) in [4.78, 5) is 11.0. The number of carbonyl (C=O) groups excluding carboxylic acids is 1. The first-order valence-electron chi connectivity index (χ1n) is 4.70. The second-order valence-electron chi connectivity index (χ2n) is 3.46. The summed E-state index contributed by atoms with van der Waals surface area (Å²) in [6, 6.07) is 0. The average Bonchev–Trinajstić information content (AvgIpc) is 2.51. The largest absolute Gasteiger partial charge is 0.461 e. The van der Waals surface area contributed by atoms with Gasteiger partial charge in [-0.1, -0.05) is 0 Å². The third-order valence-corrected chi connectivity index (χ3v) is 1.82. The molecule has 1 aliphatic heterocycles. The first-order valence-corrected chi connectivity index (χ1v) is 4.70. The Morgan fingerprint density at radius 2 is 2.38 bits per heavy atom. The first-order chi connectivity index (χ1) is 6.18. The van der Waals surface area contributed by atoms with Crippen LogP contribution in [-0.2, 0) is 14.3 Å². The SMILES string of the molecule is CC(C)OC(=O)COC1CCNC1. The Balaban J connectivity index is 2.07. The van der Waals surface area contributed by atoms with Gasteiger partial charge in [-0.3, -0.25) is 0 Å². The van der Waals surface area contributed by atoms with Gasteiger partial charge in [-0.05, 0) is 26.8 Å². The third kappa shape index (κ3) is 4.24. The molecule has 4 nitrogen and oxygen atoms in total. The van der Waals surface area contributed by atoms with Gasteiger partial charge in [0.15, 0.2) is 0 Å². The van der Waals surface area contributed by atoms with Crippen molar-refractivity contribution in [1.29, 1.82) is 0 Å². The van der Waals surface area contributed by atoms with Crippen LogP contribution in [0, 0.1) is 0 Å². The van der Waals surface area contributed by atoms with E-state index in [1.807, 2.05) is 13.8 Å². The predicted molar refractivity (Wildman–Crippen MR) is 48.5 cm³/mol. The van der Waals surface area contributed by atoms with Crippen molar-refractivity contribution < 1.29 is 14.3 Å². The molecule has 0 aromatic rings.